The molecule has 3 aliphatic rings. The van der Waals surface area contributed by atoms with Crippen LogP contribution in [-0.4, -0.2) is 0 Å². The number of hydrogen-bond acceptors (Lipinski definition) is 2. The van der Waals surface area contributed by atoms with E-state index in [2.05, 4.69) is 195 Å². The minimum Gasteiger partial charge on any atom is -0.454 e. The van der Waals surface area contributed by atoms with E-state index < -0.39 is 5.41 Å². The van der Waals surface area contributed by atoms with Gasteiger partial charge in [0.2, 0.25) is 0 Å². The van der Waals surface area contributed by atoms with Crippen LogP contribution >= 0.6 is 0 Å². The Labute approximate surface area is 314 Å². The molecule has 3 aliphatic carbocycles. The third-order valence-electron chi connectivity index (χ3n) is 12.7. The number of rotatable bonds is 3. The predicted molar refractivity (Wildman–Crippen MR) is 222 cm³/mol. The summed E-state index contributed by atoms with van der Waals surface area (Å²) >= 11 is 0. The monoisotopic (exact) mass is 689 g/mol. The van der Waals surface area contributed by atoms with Gasteiger partial charge in [0.15, 0.2) is 5.58 Å². The van der Waals surface area contributed by atoms with Crippen LogP contribution in [0.1, 0.15) is 47.2 Å². The van der Waals surface area contributed by atoms with Crippen molar-refractivity contribution < 1.29 is 4.42 Å². The van der Waals surface area contributed by atoms with E-state index in [4.69, 9.17) is 4.42 Å². The summed E-state index contributed by atoms with van der Waals surface area (Å²) in [5.41, 5.74) is 20.3. The summed E-state index contributed by atoms with van der Waals surface area (Å²) in [7, 11) is 0. The number of benzene rings is 8. The van der Waals surface area contributed by atoms with E-state index in [9.17, 15) is 0 Å². The average molecular weight is 690 g/mol. The largest absolute Gasteiger partial charge is 0.454 e. The SMILES string of the molecule is CC1(C)c2ccccc2-c2ccc(N(c3ccc4c(c3)C3(c5ccccc5-c5ccccc53)c3ccccc3-4)c3cccc4c3oc3ccccc34)cc21. The first-order valence-corrected chi connectivity index (χ1v) is 18.9. The quantitative estimate of drug-likeness (QED) is 0.184. The Morgan fingerprint density at radius 1 is 0.389 bits per heavy atom. The van der Waals surface area contributed by atoms with Crippen LogP contribution in [0.25, 0.3) is 55.3 Å². The molecule has 0 radical (unpaired) electrons. The van der Waals surface area contributed by atoms with E-state index in [1.165, 1.54) is 66.8 Å². The van der Waals surface area contributed by atoms with Crippen LogP contribution in [0.5, 0.6) is 0 Å². The molecule has 0 saturated carbocycles. The Kier molecular flexibility index (Phi) is 5.81. The van der Waals surface area contributed by atoms with E-state index >= 15 is 0 Å². The fourth-order valence-electron chi connectivity index (χ4n) is 10.4. The van der Waals surface area contributed by atoms with Crippen molar-refractivity contribution in [1.29, 1.82) is 0 Å². The zero-order valence-corrected chi connectivity index (χ0v) is 30.1. The molecule has 0 saturated heterocycles. The smallest absolute Gasteiger partial charge is 0.159 e. The number of furan rings is 1. The van der Waals surface area contributed by atoms with Gasteiger partial charge >= 0.3 is 0 Å². The van der Waals surface area contributed by atoms with Crippen molar-refractivity contribution in [3.63, 3.8) is 0 Å². The fraction of sp³-hybridized carbons (Fsp3) is 0.0769. The van der Waals surface area contributed by atoms with Gasteiger partial charge in [-0.25, -0.2) is 0 Å². The highest BCUT2D eigenvalue weighted by Crippen LogP contribution is 2.63. The van der Waals surface area contributed by atoms with Crippen molar-refractivity contribution in [3.8, 4) is 33.4 Å². The topological polar surface area (TPSA) is 16.4 Å². The standard InChI is InChI=1S/C52H35NO/c1-51(2)42-20-8-3-14-34(42)38-28-26-32(30-46(38)51)53(48-24-13-19-41-40-18-7-12-25-49(40)54-50(41)48)33-27-29-39-37-17-6-11-23-45(37)52(47(39)31-33)43-21-9-4-15-35(43)36-16-5-10-22-44(36)52/h3-31H,1-2H3. The Morgan fingerprint density at radius 2 is 0.852 bits per heavy atom. The third kappa shape index (κ3) is 3.65. The molecule has 0 aliphatic heterocycles. The molecule has 2 heteroatoms. The third-order valence-corrected chi connectivity index (χ3v) is 12.7. The van der Waals surface area contributed by atoms with Crippen molar-refractivity contribution in [3.05, 3.63) is 209 Å². The van der Waals surface area contributed by atoms with E-state index in [0.29, 0.717) is 0 Å². The molecule has 0 amide bonds. The van der Waals surface area contributed by atoms with Gasteiger partial charge in [-0.1, -0.05) is 153 Å². The fourth-order valence-corrected chi connectivity index (χ4v) is 10.4. The normalized spacial score (nSPS) is 14.8. The second-order valence-corrected chi connectivity index (χ2v) is 15.6. The number of fused-ring (bicyclic) bond motifs is 16. The molecule has 2 nitrogen and oxygen atoms in total. The zero-order valence-electron chi connectivity index (χ0n) is 30.1. The summed E-state index contributed by atoms with van der Waals surface area (Å²) < 4.78 is 6.78. The maximum atomic E-state index is 6.78. The Hall–Kier alpha value is -6.64. The lowest BCUT2D eigenvalue weighted by atomic mass is 9.70. The lowest BCUT2D eigenvalue weighted by molar-refractivity contribution is 0.660. The van der Waals surface area contributed by atoms with E-state index in [1.807, 2.05) is 0 Å². The van der Waals surface area contributed by atoms with Crippen LogP contribution in [0.2, 0.25) is 0 Å². The van der Waals surface area contributed by atoms with Gasteiger partial charge < -0.3 is 9.32 Å². The molecule has 0 unspecified atom stereocenters. The van der Waals surface area contributed by atoms with Gasteiger partial charge in [-0.2, -0.15) is 0 Å². The van der Waals surface area contributed by atoms with Gasteiger partial charge in [0, 0.05) is 27.6 Å². The van der Waals surface area contributed by atoms with Gasteiger partial charge in [0.1, 0.15) is 5.58 Å². The van der Waals surface area contributed by atoms with Crippen LogP contribution in [0.4, 0.5) is 17.1 Å². The van der Waals surface area contributed by atoms with Gasteiger partial charge in [-0.3, -0.25) is 0 Å². The number of anilines is 3. The van der Waals surface area contributed by atoms with Crippen LogP contribution in [-0.2, 0) is 10.8 Å². The highest BCUT2D eigenvalue weighted by molar-refractivity contribution is 6.10. The maximum Gasteiger partial charge on any atom is 0.159 e. The highest BCUT2D eigenvalue weighted by atomic mass is 16.3. The van der Waals surface area contributed by atoms with Crippen molar-refractivity contribution in [2.75, 3.05) is 4.90 Å². The molecule has 1 spiro atoms. The minimum absolute atomic E-state index is 0.139. The molecular weight excluding hydrogens is 655 g/mol. The number of nitrogens with zero attached hydrogens (tertiary/aromatic N) is 1. The van der Waals surface area contributed by atoms with E-state index in [1.54, 1.807) is 0 Å². The van der Waals surface area contributed by atoms with Crippen molar-refractivity contribution in [2.24, 2.45) is 0 Å². The molecule has 0 atom stereocenters. The summed E-state index contributed by atoms with van der Waals surface area (Å²) in [5.74, 6) is 0. The molecule has 12 rings (SSSR count). The Bertz CT molecular complexity index is 2990. The first-order chi connectivity index (χ1) is 26.5. The second kappa shape index (κ2) is 10.5. The second-order valence-electron chi connectivity index (χ2n) is 15.6. The molecule has 254 valence electrons. The van der Waals surface area contributed by atoms with Gasteiger partial charge in [0.05, 0.1) is 11.1 Å². The summed E-state index contributed by atoms with van der Waals surface area (Å²) in [6, 6.07) is 65.1. The Balaban J connectivity index is 1.16. The average Bonchev–Trinajstić information content (AvgIpc) is 3.91. The van der Waals surface area contributed by atoms with E-state index in [0.717, 1.165) is 39.0 Å². The first kappa shape index (κ1) is 29.9. The van der Waals surface area contributed by atoms with Crippen LogP contribution in [0.15, 0.2) is 180 Å². The maximum absolute atomic E-state index is 6.78. The summed E-state index contributed by atoms with van der Waals surface area (Å²) in [5, 5.41) is 2.24. The predicted octanol–water partition coefficient (Wildman–Crippen LogP) is 13.7. The van der Waals surface area contributed by atoms with Crippen molar-refractivity contribution >= 4 is 39.0 Å². The minimum atomic E-state index is -0.437. The first-order valence-electron chi connectivity index (χ1n) is 18.9. The molecule has 0 bridgehead atoms. The molecule has 1 aromatic heterocycles. The summed E-state index contributed by atoms with van der Waals surface area (Å²) in [4.78, 5) is 2.44. The van der Waals surface area contributed by atoms with Crippen LogP contribution < -0.4 is 4.90 Å². The molecule has 9 aromatic rings. The lowest BCUT2D eigenvalue weighted by Gasteiger charge is -2.32. The van der Waals surface area contributed by atoms with Crippen molar-refractivity contribution in [1.82, 2.24) is 0 Å². The van der Waals surface area contributed by atoms with Gasteiger partial charge in [-0.15, -0.1) is 0 Å². The van der Waals surface area contributed by atoms with Gasteiger partial charge in [-0.05, 0) is 103 Å². The molecule has 1 heterocycles. The number of hydrogen-bond donors (Lipinski definition) is 0. The summed E-state index contributed by atoms with van der Waals surface area (Å²) in [6.07, 6.45) is 0. The van der Waals surface area contributed by atoms with Crippen LogP contribution in [0.3, 0.4) is 0 Å². The van der Waals surface area contributed by atoms with Crippen molar-refractivity contribution in [2.45, 2.75) is 24.7 Å². The molecule has 8 aromatic carbocycles. The van der Waals surface area contributed by atoms with Crippen LogP contribution in [0, 0.1) is 0 Å². The lowest BCUT2D eigenvalue weighted by Crippen LogP contribution is -2.26. The molecular formula is C52H35NO. The zero-order chi connectivity index (χ0) is 35.8. The van der Waals surface area contributed by atoms with Gasteiger partial charge in [0.25, 0.3) is 0 Å². The number of para-hydroxylation sites is 2. The van der Waals surface area contributed by atoms with E-state index in [-0.39, 0.29) is 5.41 Å². The highest BCUT2D eigenvalue weighted by Gasteiger charge is 2.51. The summed E-state index contributed by atoms with van der Waals surface area (Å²) in [6.45, 7) is 4.72. The molecule has 54 heavy (non-hydrogen) atoms. The Morgan fingerprint density at radius 3 is 1.48 bits per heavy atom. The molecule has 0 N–H and O–H groups in total. The molecule has 0 fully saturated rings.